The van der Waals surface area contributed by atoms with Crippen molar-refractivity contribution in [1.82, 2.24) is 4.98 Å². The van der Waals surface area contributed by atoms with Gasteiger partial charge in [0.1, 0.15) is 0 Å². The second-order valence-corrected chi connectivity index (χ2v) is 6.52. The van der Waals surface area contributed by atoms with E-state index in [4.69, 9.17) is 4.98 Å². The Morgan fingerprint density at radius 3 is 2.26 bits per heavy atom. The van der Waals surface area contributed by atoms with Crippen LogP contribution in [0.4, 0.5) is 0 Å². The van der Waals surface area contributed by atoms with E-state index in [-0.39, 0.29) is 0 Å². The lowest BCUT2D eigenvalue weighted by molar-refractivity contribution is 1.18. The Bertz CT molecular complexity index is 855. The summed E-state index contributed by atoms with van der Waals surface area (Å²) in [5.74, 6) is 0. The average Bonchev–Trinajstić information content (AvgIpc) is 2.58. The van der Waals surface area contributed by atoms with E-state index in [0.717, 1.165) is 21.1 Å². The molecule has 118 valence electrons. The third kappa shape index (κ3) is 4.08. The number of hydrogen-bond acceptors (Lipinski definition) is 1. The molecule has 0 aliphatic rings. The molecular formula is C21H22BrN. The molecule has 0 N–H and O–H groups in total. The lowest BCUT2D eigenvalue weighted by atomic mass is 10.00. The molecule has 0 fully saturated rings. The second kappa shape index (κ2) is 8.07. The first-order valence-electron chi connectivity index (χ1n) is 7.80. The normalized spacial score (nSPS) is 14.5. The molecule has 0 atom stereocenters. The molecule has 0 radical (unpaired) electrons. The number of hydrogen-bond donors (Lipinski definition) is 0. The van der Waals surface area contributed by atoms with Gasteiger partial charge in [0.25, 0.3) is 0 Å². The number of nitrogens with zero attached hydrogens (tertiary/aromatic N) is 1. The summed E-state index contributed by atoms with van der Waals surface area (Å²) in [5, 5.41) is 2.20. The van der Waals surface area contributed by atoms with Crippen molar-refractivity contribution < 1.29 is 0 Å². The van der Waals surface area contributed by atoms with Gasteiger partial charge in [-0.1, -0.05) is 64.5 Å². The van der Waals surface area contributed by atoms with E-state index in [2.05, 4.69) is 77.5 Å². The number of pyridine rings is 1. The Balaban J connectivity index is 2.82. The highest BCUT2D eigenvalue weighted by atomic mass is 79.9. The van der Waals surface area contributed by atoms with E-state index in [1.54, 1.807) is 0 Å². The Labute approximate surface area is 146 Å². The number of halogens is 1. The summed E-state index contributed by atoms with van der Waals surface area (Å²) in [6.07, 6.45) is 8.40. The van der Waals surface area contributed by atoms with Crippen molar-refractivity contribution in [1.29, 1.82) is 0 Å². The van der Waals surface area contributed by atoms with Crippen LogP contribution in [0.1, 0.15) is 33.4 Å². The van der Waals surface area contributed by atoms with Crippen LogP contribution in [0.5, 0.6) is 0 Å². The van der Waals surface area contributed by atoms with Crippen LogP contribution in [0.25, 0.3) is 28.9 Å². The van der Waals surface area contributed by atoms with E-state index in [1.807, 2.05) is 26.8 Å². The first-order valence-corrected chi connectivity index (χ1v) is 8.59. The van der Waals surface area contributed by atoms with Crippen LogP contribution in [-0.4, -0.2) is 4.98 Å². The van der Waals surface area contributed by atoms with Crippen LogP contribution in [0.15, 0.2) is 53.0 Å². The van der Waals surface area contributed by atoms with E-state index in [0.29, 0.717) is 0 Å². The van der Waals surface area contributed by atoms with Gasteiger partial charge in [-0.05, 0) is 61.0 Å². The molecule has 2 aromatic rings. The topological polar surface area (TPSA) is 12.9 Å². The van der Waals surface area contributed by atoms with Crippen LogP contribution in [0.3, 0.4) is 0 Å². The lowest BCUT2D eigenvalue weighted by Crippen LogP contribution is -2.30. The van der Waals surface area contributed by atoms with Gasteiger partial charge < -0.3 is 0 Å². The Morgan fingerprint density at radius 2 is 1.74 bits per heavy atom. The second-order valence-electron chi connectivity index (χ2n) is 5.27. The number of benzene rings is 1. The Hall–Kier alpha value is -1.93. The van der Waals surface area contributed by atoms with Gasteiger partial charge in [0, 0.05) is 5.22 Å². The molecule has 0 bridgehead atoms. The summed E-state index contributed by atoms with van der Waals surface area (Å²) < 4.78 is 1.09. The van der Waals surface area contributed by atoms with Crippen LogP contribution in [-0.2, 0) is 0 Å². The zero-order chi connectivity index (χ0) is 16.8. The minimum absolute atomic E-state index is 0.990. The van der Waals surface area contributed by atoms with Crippen molar-refractivity contribution >= 4 is 33.7 Å². The molecular weight excluding hydrogens is 346 g/mol. The Morgan fingerprint density at radius 1 is 1.04 bits per heavy atom. The zero-order valence-corrected chi connectivity index (χ0v) is 15.7. The summed E-state index contributed by atoms with van der Waals surface area (Å²) >= 11 is 3.52. The van der Waals surface area contributed by atoms with E-state index < -0.39 is 0 Å². The molecule has 2 heteroatoms. The molecule has 1 nitrogen and oxygen atoms in total. The highest BCUT2D eigenvalue weighted by Gasteiger charge is 2.07. The van der Waals surface area contributed by atoms with Crippen molar-refractivity contribution in [3.05, 3.63) is 69.3 Å². The highest BCUT2D eigenvalue weighted by Crippen LogP contribution is 2.21. The highest BCUT2D eigenvalue weighted by molar-refractivity contribution is 9.11. The third-order valence-corrected chi connectivity index (χ3v) is 3.93. The molecule has 0 saturated carbocycles. The maximum atomic E-state index is 4.85. The van der Waals surface area contributed by atoms with Crippen molar-refractivity contribution in [2.75, 3.05) is 0 Å². The standard InChI is InChI=1S/C21H22BrN/c1-5-16(13-15(4)22)21-14-19(17-11-9-8-10-12-17)18(6-2)20(7-3)23-21/h5-14H,1-4H3/b15-13+,16-5+,18-6-,20-7+. The Kier molecular flexibility index (Phi) is 6.12. The smallest absolute Gasteiger partial charge is 0.0712 e. The van der Waals surface area contributed by atoms with Crippen LogP contribution in [0.2, 0.25) is 0 Å². The van der Waals surface area contributed by atoms with E-state index in [1.165, 1.54) is 16.3 Å². The summed E-state index contributed by atoms with van der Waals surface area (Å²) in [5.41, 5.74) is 4.53. The van der Waals surface area contributed by atoms with Crippen LogP contribution < -0.4 is 10.6 Å². The molecule has 0 spiro atoms. The summed E-state index contributed by atoms with van der Waals surface area (Å²) in [4.78, 5) is 4.85. The van der Waals surface area contributed by atoms with Crippen molar-refractivity contribution in [2.24, 2.45) is 0 Å². The van der Waals surface area contributed by atoms with Gasteiger partial charge in [0.05, 0.1) is 11.0 Å². The molecule has 1 heterocycles. The minimum atomic E-state index is 0.990. The lowest BCUT2D eigenvalue weighted by Gasteiger charge is -2.09. The van der Waals surface area contributed by atoms with Crippen molar-refractivity contribution in [3.8, 4) is 11.1 Å². The maximum Gasteiger partial charge on any atom is 0.0712 e. The summed E-state index contributed by atoms with van der Waals surface area (Å²) in [7, 11) is 0. The first-order chi connectivity index (χ1) is 11.1. The van der Waals surface area contributed by atoms with Gasteiger partial charge in [-0.2, -0.15) is 0 Å². The van der Waals surface area contributed by atoms with Crippen molar-refractivity contribution in [2.45, 2.75) is 27.7 Å². The first kappa shape index (κ1) is 17.4. The molecule has 0 amide bonds. The fraction of sp³-hybridized carbons (Fsp3) is 0.190. The van der Waals surface area contributed by atoms with Crippen LogP contribution in [0, 0.1) is 0 Å². The summed E-state index contributed by atoms with van der Waals surface area (Å²) in [6.45, 7) is 8.17. The number of rotatable bonds is 3. The predicted octanol–water partition coefficient (Wildman–Crippen LogP) is 5.05. The maximum absolute atomic E-state index is 4.85. The van der Waals surface area contributed by atoms with Gasteiger partial charge in [-0.15, -0.1) is 0 Å². The van der Waals surface area contributed by atoms with Gasteiger partial charge in [-0.25, -0.2) is 4.98 Å². The van der Waals surface area contributed by atoms with E-state index in [9.17, 15) is 0 Å². The van der Waals surface area contributed by atoms with E-state index >= 15 is 0 Å². The zero-order valence-electron chi connectivity index (χ0n) is 14.1. The van der Waals surface area contributed by atoms with Crippen LogP contribution >= 0.6 is 15.9 Å². The van der Waals surface area contributed by atoms with Gasteiger partial charge in [0.2, 0.25) is 0 Å². The predicted molar refractivity (Wildman–Crippen MR) is 106 cm³/mol. The number of allylic oxidation sites excluding steroid dienone is 4. The quantitative estimate of drug-likeness (QED) is 0.691. The average molecular weight is 368 g/mol. The molecule has 1 aromatic carbocycles. The largest absolute Gasteiger partial charge is 0.248 e. The molecule has 0 aliphatic carbocycles. The minimum Gasteiger partial charge on any atom is -0.248 e. The number of aromatic nitrogens is 1. The third-order valence-electron chi connectivity index (χ3n) is 3.70. The monoisotopic (exact) mass is 367 g/mol. The van der Waals surface area contributed by atoms with Gasteiger partial charge >= 0.3 is 0 Å². The summed E-state index contributed by atoms with van der Waals surface area (Å²) in [6, 6.07) is 12.7. The molecule has 0 saturated heterocycles. The fourth-order valence-corrected chi connectivity index (χ4v) is 2.87. The molecule has 0 aliphatic heterocycles. The molecule has 23 heavy (non-hydrogen) atoms. The van der Waals surface area contributed by atoms with Gasteiger partial charge in [-0.3, -0.25) is 0 Å². The SMILES string of the molecule is C/C=c1/c(-c2ccccc2)cc(C(/C=C(\C)Br)=C/C)n/c1=C/C. The molecule has 2 rings (SSSR count). The van der Waals surface area contributed by atoms with Crippen molar-refractivity contribution in [3.63, 3.8) is 0 Å². The fourth-order valence-electron chi connectivity index (χ4n) is 2.62. The molecule has 1 aromatic heterocycles. The van der Waals surface area contributed by atoms with Gasteiger partial charge in [0.15, 0.2) is 0 Å². The molecule has 0 unspecified atom stereocenters.